The predicted octanol–water partition coefficient (Wildman–Crippen LogP) is 5.21. The summed E-state index contributed by atoms with van der Waals surface area (Å²) in [6, 6.07) is 12.4. The average Bonchev–Trinajstić information content (AvgIpc) is 2.84. The van der Waals surface area contributed by atoms with E-state index in [2.05, 4.69) is 15.9 Å². The van der Waals surface area contributed by atoms with Crippen LogP contribution in [-0.2, 0) is 0 Å². The first-order valence-electron chi connectivity index (χ1n) is 5.77. The minimum atomic E-state index is -0.993. The van der Waals surface area contributed by atoms with E-state index in [0.717, 1.165) is 5.39 Å². The third-order valence-electron chi connectivity index (χ3n) is 2.98. The smallest absolute Gasteiger partial charge is 0.336 e. The highest BCUT2D eigenvalue weighted by Crippen LogP contribution is 2.33. The van der Waals surface area contributed by atoms with Crippen LogP contribution in [0.1, 0.15) is 10.4 Å². The number of hydrogen-bond donors (Lipinski definition) is 1. The van der Waals surface area contributed by atoms with E-state index in [-0.39, 0.29) is 5.56 Å². The SMILES string of the molecule is O=C(O)c1cc(-c2cc3cccc(Cl)c3o2)ccc1Br. The Labute approximate surface area is 127 Å². The lowest BCUT2D eigenvalue weighted by Crippen LogP contribution is -1.97. The molecule has 2 aromatic carbocycles. The van der Waals surface area contributed by atoms with Crippen LogP contribution in [0.4, 0.5) is 0 Å². The van der Waals surface area contributed by atoms with Gasteiger partial charge in [-0.2, -0.15) is 0 Å². The number of aromatic carboxylic acids is 1. The molecule has 0 aliphatic rings. The molecule has 0 aliphatic carbocycles. The maximum atomic E-state index is 11.1. The third kappa shape index (κ3) is 2.21. The summed E-state index contributed by atoms with van der Waals surface area (Å²) in [5, 5.41) is 10.6. The molecular weight excluding hydrogens is 344 g/mol. The van der Waals surface area contributed by atoms with E-state index in [0.29, 0.717) is 26.4 Å². The molecule has 0 aliphatic heterocycles. The van der Waals surface area contributed by atoms with Gasteiger partial charge in [0, 0.05) is 15.4 Å². The van der Waals surface area contributed by atoms with Crippen LogP contribution in [0.2, 0.25) is 5.02 Å². The van der Waals surface area contributed by atoms with Crippen LogP contribution in [0, 0.1) is 0 Å². The van der Waals surface area contributed by atoms with Gasteiger partial charge < -0.3 is 9.52 Å². The maximum absolute atomic E-state index is 11.1. The summed E-state index contributed by atoms with van der Waals surface area (Å²) in [6.07, 6.45) is 0. The summed E-state index contributed by atoms with van der Waals surface area (Å²) in [4.78, 5) is 11.1. The van der Waals surface area contributed by atoms with Gasteiger partial charge in [0.15, 0.2) is 5.58 Å². The highest BCUT2D eigenvalue weighted by atomic mass is 79.9. The Bertz CT molecular complexity index is 823. The number of benzene rings is 2. The zero-order valence-electron chi connectivity index (χ0n) is 10.1. The van der Waals surface area contributed by atoms with Crippen molar-refractivity contribution in [1.82, 2.24) is 0 Å². The van der Waals surface area contributed by atoms with Crippen molar-refractivity contribution < 1.29 is 14.3 Å². The normalized spacial score (nSPS) is 10.9. The van der Waals surface area contributed by atoms with E-state index in [1.165, 1.54) is 0 Å². The van der Waals surface area contributed by atoms with E-state index in [9.17, 15) is 4.79 Å². The van der Waals surface area contributed by atoms with Gasteiger partial charge in [0.2, 0.25) is 0 Å². The molecule has 100 valence electrons. The van der Waals surface area contributed by atoms with Crippen LogP contribution in [0.3, 0.4) is 0 Å². The second-order valence-electron chi connectivity index (χ2n) is 4.27. The topological polar surface area (TPSA) is 50.4 Å². The predicted molar refractivity (Wildman–Crippen MR) is 81.3 cm³/mol. The number of fused-ring (bicyclic) bond motifs is 1. The summed E-state index contributed by atoms with van der Waals surface area (Å²) in [7, 11) is 0. The Morgan fingerprint density at radius 2 is 2.00 bits per heavy atom. The van der Waals surface area contributed by atoms with Gasteiger partial charge in [-0.15, -0.1) is 0 Å². The van der Waals surface area contributed by atoms with E-state index in [1.54, 1.807) is 24.3 Å². The zero-order chi connectivity index (χ0) is 14.3. The van der Waals surface area contributed by atoms with Crippen molar-refractivity contribution in [3.63, 3.8) is 0 Å². The molecule has 0 amide bonds. The third-order valence-corrected chi connectivity index (χ3v) is 3.97. The number of hydrogen-bond acceptors (Lipinski definition) is 2. The van der Waals surface area contributed by atoms with Gasteiger partial charge in [-0.05, 0) is 40.2 Å². The highest BCUT2D eigenvalue weighted by molar-refractivity contribution is 9.10. The van der Waals surface area contributed by atoms with Gasteiger partial charge in [0.1, 0.15) is 5.76 Å². The van der Waals surface area contributed by atoms with Crippen molar-refractivity contribution in [3.8, 4) is 11.3 Å². The Kier molecular flexibility index (Phi) is 3.28. The van der Waals surface area contributed by atoms with Crippen LogP contribution in [-0.4, -0.2) is 11.1 Å². The quantitative estimate of drug-likeness (QED) is 0.689. The Morgan fingerprint density at radius 1 is 1.20 bits per heavy atom. The summed E-state index contributed by atoms with van der Waals surface area (Å²) in [5.74, 6) is -0.407. The molecule has 1 N–H and O–H groups in total. The number of halogens is 2. The number of rotatable bonds is 2. The number of carboxylic acid groups (broad SMARTS) is 1. The summed E-state index contributed by atoms with van der Waals surface area (Å²) >= 11 is 9.29. The van der Waals surface area contributed by atoms with Crippen molar-refractivity contribution in [1.29, 1.82) is 0 Å². The van der Waals surface area contributed by atoms with Gasteiger partial charge in [-0.3, -0.25) is 0 Å². The molecule has 1 aromatic heterocycles. The van der Waals surface area contributed by atoms with E-state index >= 15 is 0 Å². The van der Waals surface area contributed by atoms with Crippen molar-refractivity contribution >= 4 is 44.5 Å². The van der Waals surface area contributed by atoms with Gasteiger partial charge in [0.05, 0.1) is 10.6 Å². The van der Waals surface area contributed by atoms with Gasteiger partial charge in [-0.25, -0.2) is 4.79 Å². The second kappa shape index (κ2) is 4.96. The van der Waals surface area contributed by atoms with Crippen molar-refractivity contribution in [2.24, 2.45) is 0 Å². The lowest BCUT2D eigenvalue weighted by atomic mass is 10.1. The second-order valence-corrected chi connectivity index (χ2v) is 5.53. The van der Waals surface area contributed by atoms with Crippen LogP contribution in [0.15, 0.2) is 51.4 Å². The monoisotopic (exact) mass is 350 g/mol. The summed E-state index contributed by atoms with van der Waals surface area (Å²) in [5.41, 5.74) is 1.48. The molecule has 20 heavy (non-hydrogen) atoms. The zero-order valence-corrected chi connectivity index (χ0v) is 12.4. The molecule has 0 unspecified atom stereocenters. The standard InChI is InChI=1S/C15H8BrClO3/c16-11-5-4-8(6-10(11)15(18)19)13-7-9-2-1-3-12(17)14(9)20-13/h1-7H,(H,18,19). The summed E-state index contributed by atoms with van der Waals surface area (Å²) < 4.78 is 6.25. The molecule has 0 spiro atoms. The molecule has 3 rings (SSSR count). The summed E-state index contributed by atoms with van der Waals surface area (Å²) in [6.45, 7) is 0. The lowest BCUT2D eigenvalue weighted by Gasteiger charge is -2.02. The molecule has 0 bridgehead atoms. The van der Waals surface area contributed by atoms with Crippen LogP contribution in [0.25, 0.3) is 22.3 Å². The van der Waals surface area contributed by atoms with E-state index in [1.807, 2.05) is 18.2 Å². The molecule has 3 nitrogen and oxygen atoms in total. The first kappa shape index (κ1) is 13.2. The molecule has 0 saturated carbocycles. The largest absolute Gasteiger partial charge is 0.478 e. The first-order valence-corrected chi connectivity index (χ1v) is 6.94. The Morgan fingerprint density at radius 3 is 2.70 bits per heavy atom. The van der Waals surface area contributed by atoms with E-state index in [4.69, 9.17) is 21.1 Å². The number of furan rings is 1. The fourth-order valence-corrected chi connectivity index (χ4v) is 2.65. The number of carboxylic acids is 1. The minimum Gasteiger partial charge on any atom is -0.478 e. The van der Waals surface area contributed by atoms with Gasteiger partial charge >= 0.3 is 5.97 Å². The van der Waals surface area contributed by atoms with Crippen LogP contribution >= 0.6 is 27.5 Å². The van der Waals surface area contributed by atoms with Gasteiger partial charge in [-0.1, -0.05) is 29.8 Å². The van der Waals surface area contributed by atoms with Crippen LogP contribution < -0.4 is 0 Å². The fourth-order valence-electron chi connectivity index (χ4n) is 2.01. The van der Waals surface area contributed by atoms with Gasteiger partial charge in [0.25, 0.3) is 0 Å². The molecule has 3 aromatic rings. The molecule has 0 saturated heterocycles. The maximum Gasteiger partial charge on any atom is 0.336 e. The minimum absolute atomic E-state index is 0.189. The molecule has 0 atom stereocenters. The average molecular weight is 352 g/mol. The van der Waals surface area contributed by atoms with Crippen LogP contribution in [0.5, 0.6) is 0 Å². The molecular formula is C15H8BrClO3. The first-order chi connectivity index (χ1) is 9.56. The number of carbonyl (C=O) groups is 1. The van der Waals surface area contributed by atoms with Crippen molar-refractivity contribution in [3.05, 3.63) is 57.5 Å². The highest BCUT2D eigenvalue weighted by Gasteiger charge is 2.13. The molecule has 0 fully saturated rings. The van der Waals surface area contributed by atoms with E-state index < -0.39 is 5.97 Å². The fraction of sp³-hybridized carbons (Fsp3) is 0. The Balaban J connectivity index is 2.18. The van der Waals surface area contributed by atoms with Crippen molar-refractivity contribution in [2.45, 2.75) is 0 Å². The molecule has 1 heterocycles. The Hall–Kier alpha value is -1.78. The lowest BCUT2D eigenvalue weighted by molar-refractivity contribution is 0.0696. The molecule has 0 radical (unpaired) electrons. The van der Waals surface area contributed by atoms with Crippen molar-refractivity contribution in [2.75, 3.05) is 0 Å². The molecule has 5 heteroatoms. The number of para-hydroxylation sites is 1.